The molecule has 1 unspecified atom stereocenters. The maximum Gasteiger partial charge on any atom is 0.490 e. The Labute approximate surface area is 255 Å². The Balaban J connectivity index is 0.000000413. The van der Waals surface area contributed by atoms with E-state index in [-0.39, 0.29) is 0 Å². The SMILES string of the molecule is CN(c1ccc2c(n1)OCCNC2)C1CCN(Cc2ccccc2)C1.O=C(O)C(F)(F)F.O=C(O)C(F)(F)F.O=C(O)C(F)(F)F. The molecule has 3 heterocycles. The van der Waals surface area contributed by atoms with Crippen LogP contribution in [0.4, 0.5) is 45.3 Å². The van der Waals surface area contributed by atoms with Crippen LogP contribution in [0.1, 0.15) is 17.5 Å². The van der Waals surface area contributed by atoms with Gasteiger partial charge in [-0.3, -0.25) is 4.90 Å². The van der Waals surface area contributed by atoms with E-state index in [0.29, 0.717) is 12.6 Å². The molecular formula is C26H29F9N4O7. The van der Waals surface area contributed by atoms with Crippen LogP contribution in [0, 0.1) is 0 Å². The Bertz CT molecular complexity index is 1220. The molecule has 1 aromatic heterocycles. The van der Waals surface area contributed by atoms with Crippen molar-refractivity contribution in [3.05, 3.63) is 53.6 Å². The molecule has 0 amide bonds. The molecular weight excluding hydrogens is 651 g/mol. The Kier molecular flexibility index (Phi) is 15.0. The van der Waals surface area contributed by atoms with E-state index in [1.54, 1.807) is 0 Å². The molecule has 1 fully saturated rings. The van der Waals surface area contributed by atoms with Crippen LogP contribution in [0.3, 0.4) is 0 Å². The fraction of sp³-hybridized carbons (Fsp3) is 0.462. The van der Waals surface area contributed by atoms with Gasteiger partial charge in [-0.15, -0.1) is 0 Å². The first kappa shape index (κ1) is 39.7. The van der Waals surface area contributed by atoms with Crippen LogP contribution in [-0.2, 0) is 27.5 Å². The lowest BCUT2D eigenvalue weighted by Gasteiger charge is -2.26. The van der Waals surface area contributed by atoms with Crippen molar-refractivity contribution < 1.29 is 74.0 Å². The van der Waals surface area contributed by atoms with Crippen LogP contribution in [0.5, 0.6) is 5.88 Å². The molecule has 1 atom stereocenters. The standard InChI is InChI=1S/C20H26N4O.3C2HF3O2/c1-23(19-8-7-17-13-21-10-12-25-20(17)22-19)18-9-11-24(15-18)14-16-5-3-2-4-6-16;3*3-2(4,5)1(6)7/h2-8,18,21H,9-15H2,1H3;3*(H,6,7). The molecule has 0 aliphatic carbocycles. The number of likely N-dealkylation sites (N-methyl/N-ethyl adjacent to an activating group) is 1. The van der Waals surface area contributed by atoms with Crippen LogP contribution in [0.25, 0.3) is 0 Å². The molecule has 1 aromatic carbocycles. The van der Waals surface area contributed by atoms with E-state index in [1.807, 2.05) is 0 Å². The average Bonchev–Trinajstić information content (AvgIpc) is 3.28. The van der Waals surface area contributed by atoms with E-state index in [1.165, 1.54) is 12.0 Å². The highest BCUT2D eigenvalue weighted by Gasteiger charge is 2.39. The highest BCUT2D eigenvalue weighted by atomic mass is 19.4. The zero-order valence-corrected chi connectivity index (χ0v) is 23.8. The minimum absolute atomic E-state index is 0.498. The number of carboxylic acid groups (broad SMARTS) is 3. The summed E-state index contributed by atoms with van der Waals surface area (Å²) < 4.78 is 101. The lowest BCUT2D eigenvalue weighted by molar-refractivity contribution is -0.193. The van der Waals surface area contributed by atoms with Gasteiger partial charge in [0.1, 0.15) is 12.4 Å². The van der Waals surface area contributed by atoms with Crippen LogP contribution >= 0.6 is 0 Å². The summed E-state index contributed by atoms with van der Waals surface area (Å²) in [5, 5.41) is 24.7. The molecule has 46 heavy (non-hydrogen) atoms. The summed E-state index contributed by atoms with van der Waals surface area (Å²) in [5.74, 6) is -6.48. The lowest BCUT2D eigenvalue weighted by atomic mass is 10.2. The summed E-state index contributed by atoms with van der Waals surface area (Å²) in [6, 6.07) is 15.5. The number of rotatable bonds is 4. The van der Waals surface area contributed by atoms with Gasteiger partial charge in [-0.1, -0.05) is 30.3 Å². The molecule has 0 spiro atoms. The number of aromatic nitrogens is 1. The van der Waals surface area contributed by atoms with Crippen molar-refractivity contribution in [1.29, 1.82) is 0 Å². The van der Waals surface area contributed by atoms with E-state index >= 15 is 0 Å². The van der Waals surface area contributed by atoms with Gasteiger partial charge in [0.25, 0.3) is 0 Å². The van der Waals surface area contributed by atoms with Crippen molar-refractivity contribution >= 4 is 23.7 Å². The van der Waals surface area contributed by atoms with Crippen molar-refractivity contribution in [2.75, 3.05) is 38.2 Å². The average molecular weight is 681 g/mol. The second-order valence-corrected chi connectivity index (χ2v) is 9.34. The zero-order valence-electron chi connectivity index (χ0n) is 23.8. The number of carboxylic acids is 3. The van der Waals surface area contributed by atoms with Gasteiger partial charge in [0.15, 0.2) is 0 Å². The molecule has 258 valence electrons. The van der Waals surface area contributed by atoms with Gasteiger partial charge in [-0.2, -0.15) is 44.5 Å². The third-order valence-corrected chi connectivity index (χ3v) is 5.89. The molecule has 2 aromatic rings. The molecule has 11 nitrogen and oxygen atoms in total. The number of carbonyl (C=O) groups is 3. The number of aliphatic carboxylic acids is 3. The van der Waals surface area contributed by atoms with Gasteiger partial charge in [0.2, 0.25) is 5.88 Å². The smallest absolute Gasteiger partial charge is 0.476 e. The third-order valence-electron chi connectivity index (χ3n) is 5.89. The third kappa shape index (κ3) is 14.6. The highest BCUT2D eigenvalue weighted by Crippen LogP contribution is 2.26. The number of anilines is 1. The molecule has 4 N–H and O–H groups in total. The molecule has 2 aliphatic heterocycles. The van der Waals surface area contributed by atoms with E-state index < -0.39 is 36.4 Å². The van der Waals surface area contributed by atoms with E-state index in [2.05, 4.69) is 64.6 Å². The van der Waals surface area contributed by atoms with Crippen molar-refractivity contribution in [2.24, 2.45) is 0 Å². The molecule has 0 radical (unpaired) electrons. The van der Waals surface area contributed by atoms with Gasteiger partial charge in [0, 0.05) is 51.4 Å². The summed E-state index contributed by atoms with van der Waals surface area (Å²) in [7, 11) is 2.15. The fourth-order valence-corrected chi connectivity index (χ4v) is 3.66. The second kappa shape index (κ2) is 17.4. The zero-order chi connectivity index (χ0) is 35.3. The van der Waals surface area contributed by atoms with Crippen LogP contribution in [0.15, 0.2) is 42.5 Å². The molecule has 0 bridgehead atoms. The van der Waals surface area contributed by atoms with Crippen molar-refractivity contribution in [3.8, 4) is 5.88 Å². The number of halogens is 9. The number of alkyl halides is 9. The Morgan fingerprint density at radius 3 is 1.87 bits per heavy atom. The number of pyridine rings is 1. The molecule has 20 heteroatoms. The molecule has 1 saturated heterocycles. The topological polar surface area (TPSA) is 153 Å². The number of hydrogen-bond donors (Lipinski definition) is 4. The van der Waals surface area contributed by atoms with E-state index in [9.17, 15) is 39.5 Å². The first-order valence-electron chi connectivity index (χ1n) is 12.9. The van der Waals surface area contributed by atoms with Crippen molar-refractivity contribution in [1.82, 2.24) is 15.2 Å². The minimum atomic E-state index is -5.08. The van der Waals surface area contributed by atoms with Crippen LogP contribution in [-0.4, -0.2) is 101 Å². The molecule has 4 rings (SSSR count). The van der Waals surface area contributed by atoms with Gasteiger partial charge in [-0.05, 0) is 24.1 Å². The Morgan fingerprint density at radius 1 is 0.891 bits per heavy atom. The summed E-state index contributed by atoms with van der Waals surface area (Å²) in [4.78, 5) is 36.3. The number of benzene rings is 1. The number of fused-ring (bicyclic) bond motifs is 1. The van der Waals surface area contributed by atoms with Gasteiger partial charge in [0.05, 0.1) is 0 Å². The summed E-state index contributed by atoms with van der Waals surface area (Å²) >= 11 is 0. The molecule has 0 saturated carbocycles. The van der Waals surface area contributed by atoms with Gasteiger partial charge < -0.3 is 30.3 Å². The Morgan fingerprint density at radius 2 is 1.39 bits per heavy atom. The van der Waals surface area contributed by atoms with Crippen molar-refractivity contribution in [3.63, 3.8) is 0 Å². The number of hydrogen-bond acceptors (Lipinski definition) is 8. The van der Waals surface area contributed by atoms with E-state index in [4.69, 9.17) is 39.4 Å². The van der Waals surface area contributed by atoms with Gasteiger partial charge >= 0.3 is 36.4 Å². The fourth-order valence-electron chi connectivity index (χ4n) is 3.66. The highest BCUT2D eigenvalue weighted by molar-refractivity contribution is 5.73. The number of likely N-dealkylation sites (tertiary alicyclic amines) is 1. The first-order valence-corrected chi connectivity index (χ1v) is 12.9. The monoisotopic (exact) mass is 680 g/mol. The second-order valence-electron chi connectivity index (χ2n) is 9.34. The predicted octanol–water partition coefficient (Wildman–Crippen LogP) is 4.17. The lowest BCUT2D eigenvalue weighted by Crippen LogP contribution is -2.35. The Hall–Kier alpha value is -4.33. The van der Waals surface area contributed by atoms with Crippen molar-refractivity contribution in [2.45, 2.75) is 44.1 Å². The minimum Gasteiger partial charge on any atom is -0.476 e. The predicted molar refractivity (Wildman–Crippen MR) is 141 cm³/mol. The summed E-state index contributed by atoms with van der Waals surface area (Å²) in [6.07, 6.45) is -14.1. The summed E-state index contributed by atoms with van der Waals surface area (Å²) in [5.41, 5.74) is 2.53. The largest absolute Gasteiger partial charge is 0.490 e. The number of nitrogens with zero attached hydrogens (tertiary/aromatic N) is 3. The molecule has 2 aliphatic rings. The maximum atomic E-state index is 10.6. The number of ether oxygens (including phenoxy) is 1. The quantitative estimate of drug-likeness (QED) is 0.345. The van der Waals surface area contributed by atoms with Crippen LogP contribution in [0.2, 0.25) is 0 Å². The maximum absolute atomic E-state index is 10.6. The first-order chi connectivity index (χ1) is 21.1. The summed E-state index contributed by atoms with van der Waals surface area (Å²) in [6.45, 7) is 5.63. The normalized spacial score (nSPS) is 16.3. The number of nitrogens with one attached hydrogen (secondary N) is 1. The van der Waals surface area contributed by atoms with Crippen LogP contribution < -0.4 is 15.0 Å². The van der Waals surface area contributed by atoms with E-state index in [0.717, 1.165) is 50.0 Å². The van der Waals surface area contributed by atoms with Gasteiger partial charge in [-0.25, -0.2) is 14.4 Å².